The Balaban J connectivity index is 2.39. The van der Waals surface area contributed by atoms with Gasteiger partial charge in [0.1, 0.15) is 10.7 Å². The molecule has 0 radical (unpaired) electrons. The van der Waals surface area contributed by atoms with E-state index in [1.807, 2.05) is 6.92 Å². The van der Waals surface area contributed by atoms with E-state index < -0.39 is 20.7 Å². The molecule has 19 heavy (non-hydrogen) atoms. The van der Waals surface area contributed by atoms with E-state index in [1.165, 1.54) is 6.07 Å². The van der Waals surface area contributed by atoms with E-state index in [2.05, 4.69) is 0 Å². The van der Waals surface area contributed by atoms with Gasteiger partial charge in [-0.1, -0.05) is 0 Å². The minimum Gasteiger partial charge on any atom is -0.336 e. The minimum atomic E-state index is -4.17. The van der Waals surface area contributed by atoms with Crippen LogP contribution in [-0.4, -0.2) is 31.8 Å². The zero-order valence-corrected chi connectivity index (χ0v) is 11.3. The third-order valence-corrected chi connectivity index (χ3v) is 4.22. The predicted octanol–water partition coefficient (Wildman–Crippen LogP) is 1.10. The van der Waals surface area contributed by atoms with Crippen molar-refractivity contribution in [3.63, 3.8) is 0 Å². The Kier molecular flexibility index (Phi) is 3.60. The highest BCUT2D eigenvalue weighted by molar-refractivity contribution is 7.89. The van der Waals surface area contributed by atoms with Crippen molar-refractivity contribution >= 4 is 15.9 Å². The lowest BCUT2D eigenvalue weighted by molar-refractivity contribution is 0.0747. The van der Waals surface area contributed by atoms with Gasteiger partial charge < -0.3 is 4.90 Å². The van der Waals surface area contributed by atoms with Gasteiger partial charge >= 0.3 is 0 Å². The average Bonchev–Trinajstić information content (AvgIpc) is 2.73. The molecule has 1 aliphatic rings. The summed E-state index contributed by atoms with van der Waals surface area (Å²) in [7, 11) is -4.17. The maximum atomic E-state index is 13.4. The lowest BCUT2D eigenvalue weighted by Crippen LogP contribution is -2.33. The normalized spacial score (nSPS) is 19.7. The quantitative estimate of drug-likeness (QED) is 0.884. The summed E-state index contributed by atoms with van der Waals surface area (Å²) < 4.78 is 35.9. The zero-order chi connectivity index (χ0) is 14.2. The smallest absolute Gasteiger partial charge is 0.254 e. The second-order valence-corrected chi connectivity index (χ2v) is 6.21. The number of amides is 1. The van der Waals surface area contributed by atoms with Crippen LogP contribution in [0.5, 0.6) is 0 Å². The van der Waals surface area contributed by atoms with Gasteiger partial charge in [0.2, 0.25) is 10.0 Å². The molecule has 104 valence electrons. The van der Waals surface area contributed by atoms with Gasteiger partial charge in [0.05, 0.1) is 0 Å². The van der Waals surface area contributed by atoms with E-state index in [0.29, 0.717) is 6.54 Å². The highest BCUT2D eigenvalue weighted by Crippen LogP contribution is 2.21. The topological polar surface area (TPSA) is 80.5 Å². The number of nitrogens with zero attached hydrogens (tertiary/aromatic N) is 1. The molecular formula is C12H15FN2O3S. The van der Waals surface area contributed by atoms with Crippen LogP contribution in [-0.2, 0) is 10.0 Å². The molecule has 0 spiro atoms. The lowest BCUT2D eigenvalue weighted by atomic mass is 10.2. The molecule has 1 unspecified atom stereocenters. The Bertz CT molecular complexity index is 615. The van der Waals surface area contributed by atoms with Gasteiger partial charge in [-0.15, -0.1) is 0 Å². The fraction of sp³-hybridized carbons (Fsp3) is 0.417. The van der Waals surface area contributed by atoms with Crippen LogP contribution >= 0.6 is 0 Å². The van der Waals surface area contributed by atoms with Crippen molar-refractivity contribution in [1.82, 2.24) is 4.90 Å². The number of carbonyl (C=O) groups excluding carboxylic acids is 1. The van der Waals surface area contributed by atoms with Gasteiger partial charge in [0.25, 0.3) is 5.91 Å². The number of rotatable bonds is 2. The first-order valence-corrected chi connectivity index (χ1v) is 7.48. The largest absolute Gasteiger partial charge is 0.336 e. The van der Waals surface area contributed by atoms with Crippen molar-refractivity contribution in [3.05, 3.63) is 29.6 Å². The SMILES string of the molecule is CC1CCCN1C(=O)c1ccc(F)c(S(N)(=O)=O)c1. The second-order valence-electron chi connectivity index (χ2n) is 4.68. The monoisotopic (exact) mass is 286 g/mol. The molecule has 0 bridgehead atoms. The Hall–Kier alpha value is -1.47. The maximum Gasteiger partial charge on any atom is 0.254 e. The molecular weight excluding hydrogens is 271 g/mol. The molecule has 1 aliphatic heterocycles. The molecule has 2 N–H and O–H groups in total. The number of carbonyl (C=O) groups is 1. The van der Waals surface area contributed by atoms with E-state index in [-0.39, 0.29) is 17.5 Å². The van der Waals surface area contributed by atoms with Gasteiger partial charge in [-0.05, 0) is 38.0 Å². The van der Waals surface area contributed by atoms with Crippen LogP contribution in [0.25, 0.3) is 0 Å². The summed E-state index contributed by atoms with van der Waals surface area (Å²) in [6.45, 7) is 2.55. The van der Waals surface area contributed by atoms with Crippen LogP contribution in [0.3, 0.4) is 0 Å². The first kappa shape index (κ1) is 14.0. The van der Waals surface area contributed by atoms with Gasteiger partial charge in [-0.25, -0.2) is 17.9 Å². The molecule has 1 aromatic rings. The summed E-state index contributed by atoms with van der Waals surface area (Å²) in [5, 5.41) is 4.91. The Morgan fingerprint density at radius 3 is 2.68 bits per heavy atom. The number of hydrogen-bond donors (Lipinski definition) is 1. The Labute approximate surface area is 111 Å². The molecule has 5 nitrogen and oxygen atoms in total. The number of primary sulfonamides is 1. The Morgan fingerprint density at radius 1 is 1.47 bits per heavy atom. The van der Waals surface area contributed by atoms with Crippen LogP contribution in [0.2, 0.25) is 0 Å². The van der Waals surface area contributed by atoms with Crippen LogP contribution in [0.1, 0.15) is 30.1 Å². The van der Waals surface area contributed by atoms with Gasteiger partial charge in [-0.2, -0.15) is 0 Å². The molecule has 0 aliphatic carbocycles. The second kappa shape index (κ2) is 4.90. The zero-order valence-electron chi connectivity index (χ0n) is 10.5. The standard InChI is InChI=1S/C12H15FN2O3S/c1-8-3-2-6-15(8)12(16)9-4-5-10(13)11(7-9)19(14,17)18/h4-5,7-8H,2-3,6H2,1H3,(H2,14,17,18). The third kappa shape index (κ3) is 2.76. The van der Waals surface area contributed by atoms with Crippen LogP contribution in [0, 0.1) is 5.82 Å². The highest BCUT2D eigenvalue weighted by Gasteiger charge is 2.27. The van der Waals surface area contributed by atoms with E-state index >= 15 is 0 Å². The molecule has 7 heteroatoms. The third-order valence-electron chi connectivity index (χ3n) is 3.30. The van der Waals surface area contributed by atoms with Crippen molar-refractivity contribution < 1.29 is 17.6 Å². The number of sulfonamides is 1. The summed E-state index contributed by atoms with van der Waals surface area (Å²) in [5.74, 6) is -1.25. The molecule has 0 saturated carbocycles. The molecule has 1 aromatic carbocycles. The fourth-order valence-electron chi connectivity index (χ4n) is 2.26. The van der Waals surface area contributed by atoms with Crippen molar-refractivity contribution in [2.45, 2.75) is 30.7 Å². The lowest BCUT2D eigenvalue weighted by Gasteiger charge is -2.21. The molecule has 2 rings (SSSR count). The number of nitrogens with two attached hydrogens (primary N) is 1. The van der Waals surface area contributed by atoms with Crippen molar-refractivity contribution in [2.24, 2.45) is 5.14 Å². The van der Waals surface area contributed by atoms with Crippen molar-refractivity contribution in [1.29, 1.82) is 0 Å². The first-order chi connectivity index (χ1) is 8.80. The summed E-state index contributed by atoms with van der Waals surface area (Å²) >= 11 is 0. The number of halogens is 1. The average molecular weight is 286 g/mol. The number of likely N-dealkylation sites (tertiary alicyclic amines) is 1. The number of benzene rings is 1. The maximum absolute atomic E-state index is 13.4. The molecule has 1 amide bonds. The minimum absolute atomic E-state index is 0.107. The van der Waals surface area contributed by atoms with Gasteiger partial charge in [0, 0.05) is 18.2 Å². The van der Waals surface area contributed by atoms with Crippen LogP contribution in [0.15, 0.2) is 23.1 Å². The number of hydrogen-bond acceptors (Lipinski definition) is 3. The molecule has 1 saturated heterocycles. The van der Waals surface area contributed by atoms with Crippen LogP contribution < -0.4 is 5.14 Å². The highest BCUT2D eigenvalue weighted by atomic mass is 32.2. The summed E-state index contributed by atoms with van der Waals surface area (Å²) in [6, 6.07) is 3.33. The van der Waals surface area contributed by atoms with E-state index in [1.54, 1.807) is 4.90 Å². The Morgan fingerprint density at radius 2 is 2.16 bits per heavy atom. The summed E-state index contributed by atoms with van der Waals surface area (Å²) in [4.78, 5) is 13.2. The van der Waals surface area contributed by atoms with Gasteiger partial charge in [0.15, 0.2) is 0 Å². The molecule has 1 fully saturated rings. The summed E-state index contributed by atoms with van der Waals surface area (Å²) in [6.07, 6.45) is 1.82. The molecule has 1 atom stereocenters. The molecule has 0 aromatic heterocycles. The predicted molar refractivity (Wildman–Crippen MR) is 67.5 cm³/mol. The first-order valence-electron chi connectivity index (χ1n) is 5.94. The van der Waals surface area contributed by atoms with Gasteiger partial charge in [-0.3, -0.25) is 4.79 Å². The molecule has 1 heterocycles. The van der Waals surface area contributed by atoms with Crippen molar-refractivity contribution in [2.75, 3.05) is 6.54 Å². The van der Waals surface area contributed by atoms with Crippen molar-refractivity contribution in [3.8, 4) is 0 Å². The summed E-state index contributed by atoms with van der Waals surface area (Å²) in [5.41, 5.74) is 0.138. The van der Waals surface area contributed by atoms with Crippen LogP contribution in [0.4, 0.5) is 4.39 Å². The van der Waals surface area contributed by atoms with E-state index in [9.17, 15) is 17.6 Å². The van der Waals surface area contributed by atoms with E-state index in [4.69, 9.17) is 5.14 Å². The van der Waals surface area contributed by atoms with E-state index in [0.717, 1.165) is 25.0 Å². The fourth-order valence-corrected chi connectivity index (χ4v) is 2.89.